The molecule has 0 bridgehead atoms. The largest absolute Gasteiger partial charge is 0.508 e. The van der Waals surface area contributed by atoms with Gasteiger partial charge < -0.3 is 5.11 Å². The van der Waals surface area contributed by atoms with Gasteiger partial charge in [-0.1, -0.05) is 12.1 Å². The molecule has 21 heavy (non-hydrogen) atoms. The molecule has 0 aliphatic carbocycles. The number of halogens is 1. The van der Waals surface area contributed by atoms with Crippen LogP contribution in [0.2, 0.25) is 0 Å². The number of fused-ring (bicyclic) bond motifs is 3. The van der Waals surface area contributed by atoms with Gasteiger partial charge in [-0.15, -0.1) is 17.0 Å². The molecule has 4 rings (SSSR count). The Labute approximate surface area is 131 Å². The maximum absolute atomic E-state index is 9.33. The van der Waals surface area contributed by atoms with Crippen LogP contribution in [0.25, 0.3) is 28.1 Å². The molecule has 0 aliphatic rings. The van der Waals surface area contributed by atoms with Crippen molar-refractivity contribution in [2.75, 3.05) is 0 Å². The predicted octanol–water partition coefficient (Wildman–Crippen LogP) is 3.83. The summed E-state index contributed by atoms with van der Waals surface area (Å²) in [5, 5.41) is 9.33. The number of para-hydroxylation sites is 2. The van der Waals surface area contributed by atoms with Crippen LogP contribution in [0, 0.1) is 0 Å². The minimum atomic E-state index is 0. The second kappa shape index (κ2) is 5.18. The zero-order valence-electron chi connectivity index (χ0n) is 11.0. The van der Waals surface area contributed by atoms with E-state index in [0.717, 1.165) is 22.3 Å². The lowest BCUT2D eigenvalue weighted by molar-refractivity contribution is 0.475. The average Bonchev–Trinajstić information content (AvgIpc) is 2.85. The van der Waals surface area contributed by atoms with Crippen molar-refractivity contribution in [3.63, 3.8) is 0 Å². The number of aromatic nitrogens is 3. The summed E-state index contributed by atoms with van der Waals surface area (Å²) in [5.74, 6) is 0.929. The summed E-state index contributed by atoms with van der Waals surface area (Å²) in [7, 11) is 0. The highest BCUT2D eigenvalue weighted by Gasteiger charge is 2.06. The number of hydrogen-bond donors (Lipinski definition) is 1. The summed E-state index contributed by atoms with van der Waals surface area (Å²) >= 11 is 0. The first kappa shape index (κ1) is 13.6. The number of benzene rings is 2. The van der Waals surface area contributed by atoms with Crippen LogP contribution in [-0.2, 0) is 0 Å². The van der Waals surface area contributed by atoms with E-state index in [0.29, 0.717) is 5.78 Å². The summed E-state index contributed by atoms with van der Waals surface area (Å²) in [4.78, 5) is 9.10. The number of phenolic OH excluding ortho intramolecular Hbond substituents is 1. The van der Waals surface area contributed by atoms with Gasteiger partial charge in [-0.3, -0.25) is 4.40 Å². The molecule has 5 heteroatoms. The molecular formula is C16H12BrN3O. The molecule has 0 atom stereocenters. The summed E-state index contributed by atoms with van der Waals surface area (Å²) in [6.45, 7) is 0. The van der Waals surface area contributed by atoms with Crippen molar-refractivity contribution in [3.8, 4) is 17.0 Å². The molecule has 0 saturated carbocycles. The van der Waals surface area contributed by atoms with Crippen LogP contribution < -0.4 is 0 Å². The monoisotopic (exact) mass is 341 g/mol. The normalized spacial score (nSPS) is 10.7. The zero-order chi connectivity index (χ0) is 13.5. The van der Waals surface area contributed by atoms with Crippen molar-refractivity contribution in [1.29, 1.82) is 0 Å². The second-order valence-corrected chi connectivity index (χ2v) is 4.63. The van der Waals surface area contributed by atoms with E-state index in [1.807, 2.05) is 53.1 Å². The summed E-state index contributed by atoms with van der Waals surface area (Å²) in [5.41, 5.74) is 3.78. The van der Waals surface area contributed by atoms with Crippen molar-refractivity contribution in [2.45, 2.75) is 0 Å². The van der Waals surface area contributed by atoms with E-state index in [4.69, 9.17) is 0 Å². The van der Waals surface area contributed by atoms with Crippen molar-refractivity contribution in [1.82, 2.24) is 14.4 Å². The van der Waals surface area contributed by atoms with Gasteiger partial charge in [0.15, 0.2) is 0 Å². The van der Waals surface area contributed by atoms with Gasteiger partial charge in [-0.25, -0.2) is 9.97 Å². The van der Waals surface area contributed by atoms with Crippen LogP contribution in [-0.4, -0.2) is 19.5 Å². The van der Waals surface area contributed by atoms with E-state index in [-0.39, 0.29) is 22.7 Å². The SMILES string of the molecule is Br.Oc1ccc(-c2ccn3c(n2)nc2ccccc23)cc1. The lowest BCUT2D eigenvalue weighted by Gasteiger charge is -2.02. The molecular weight excluding hydrogens is 330 g/mol. The molecule has 0 amide bonds. The van der Waals surface area contributed by atoms with Crippen LogP contribution in [0.3, 0.4) is 0 Å². The van der Waals surface area contributed by atoms with Gasteiger partial charge in [0.2, 0.25) is 5.78 Å². The Balaban J connectivity index is 0.00000132. The van der Waals surface area contributed by atoms with Crippen LogP contribution in [0.15, 0.2) is 60.8 Å². The standard InChI is InChI=1S/C16H11N3O.BrH/c20-12-7-5-11(6-8-12)13-9-10-19-15-4-2-1-3-14(15)18-16(19)17-13;/h1-10,20H;1H. The fourth-order valence-corrected chi connectivity index (χ4v) is 2.34. The third-order valence-corrected chi connectivity index (χ3v) is 3.34. The molecule has 0 aliphatic heterocycles. The number of nitrogens with zero attached hydrogens (tertiary/aromatic N) is 3. The first-order valence-electron chi connectivity index (χ1n) is 6.34. The van der Waals surface area contributed by atoms with Crippen molar-refractivity contribution in [2.24, 2.45) is 0 Å². The molecule has 104 valence electrons. The first-order valence-corrected chi connectivity index (χ1v) is 6.34. The van der Waals surface area contributed by atoms with Crippen molar-refractivity contribution < 1.29 is 5.11 Å². The zero-order valence-corrected chi connectivity index (χ0v) is 12.7. The Morgan fingerprint density at radius 3 is 2.43 bits per heavy atom. The number of rotatable bonds is 1. The van der Waals surface area contributed by atoms with Crippen molar-refractivity contribution >= 4 is 33.8 Å². The molecule has 0 fully saturated rings. The molecule has 0 spiro atoms. The third kappa shape index (κ3) is 2.25. The number of phenols is 1. The number of imidazole rings is 1. The van der Waals surface area contributed by atoms with E-state index >= 15 is 0 Å². The minimum absolute atomic E-state index is 0. The molecule has 0 saturated heterocycles. The molecule has 2 aromatic carbocycles. The van der Waals surface area contributed by atoms with Gasteiger partial charge in [0, 0.05) is 11.8 Å². The summed E-state index contributed by atoms with van der Waals surface area (Å²) in [6.07, 6.45) is 1.97. The maximum atomic E-state index is 9.33. The molecule has 4 nitrogen and oxygen atoms in total. The molecule has 1 N–H and O–H groups in total. The number of hydrogen-bond acceptors (Lipinski definition) is 3. The van der Waals surface area contributed by atoms with Crippen LogP contribution in [0.1, 0.15) is 0 Å². The highest BCUT2D eigenvalue weighted by Crippen LogP contribution is 2.22. The van der Waals surface area contributed by atoms with E-state index in [1.54, 1.807) is 12.1 Å². The van der Waals surface area contributed by atoms with E-state index in [9.17, 15) is 5.11 Å². The van der Waals surface area contributed by atoms with Gasteiger partial charge in [0.1, 0.15) is 5.75 Å². The summed E-state index contributed by atoms with van der Waals surface area (Å²) in [6, 6.07) is 16.9. The molecule has 2 aromatic heterocycles. The topological polar surface area (TPSA) is 50.4 Å². The lowest BCUT2D eigenvalue weighted by atomic mass is 10.1. The molecule has 4 aromatic rings. The highest BCUT2D eigenvalue weighted by molar-refractivity contribution is 8.93. The first-order chi connectivity index (χ1) is 9.81. The van der Waals surface area contributed by atoms with Gasteiger partial charge in [-0.05, 0) is 42.5 Å². The Morgan fingerprint density at radius 1 is 0.857 bits per heavy atom. The van der Waals surface area contributed by atoms with Crippen LogP contribution >= 0.6 is 17.0 Å². The molecule has 0 radical (unpaired) electrons. The quantitative estimate of drug-likeness (QED) is 0.572. The fourth-order valence-electron chi connectivity index (χ4n) is 2.34. The van der Waals surface area contributed by atoms with Gasteiger partial charge in [0.25, 0.3) is 0 Å². The van der Waals surface area contributed by atoms with Gasteiger partial charge in [0.05, 0.1) is 16.7 Å². The predicted molar refractivity (Wildman–Crippen MR) is 87.9 cm³/mol. The Hall–Kier alpha value is -2.40. The third-order valence-electron chi connectivity index (χ3n) is 3.34. The lowest BCUT2D eigenvalue weighted by Crippen LogP contribution is -1.90. The Kier molecular flexibility index (Phi) is 3.35. The summed E-state index contributed by atoms with van der Waals surface area (Å²) < 4.78 is 1.97. The van der Waals surface area contributed by atoms with Gasteiger partial charge in [-0.2, -0.15) is 0 Å². The fraction of sp³-hybridized carbons (Fsp3) is 0. The Morgan fingerprint density at radius 2 is 1.62 bits per heavy atom. The Bertz CT molecular complexity index is 916. The van der Waals surface area contributed by atoms with Crippen molar-refractivity contribution in [3.05, 3.63) is 60.8 Å². The highest BCUT2D eigenvalue weighted by atomic mass is 79.9. The molecule has 0 unspecified atom stereocenters. The van der Waals surface area contributed by atoms with E-state index in [2.05, 4.69) is 9.97 Å². The second-order valence-electron chi connectivity index (χ2n) is 4.63. The van der Waals surface area contributed by atoms with Gasteiger partial charge >= 0.3 is 0 Å². The van der Waals surface area contributed by atoms with Crippen LogP contribution in [0.5, 0.6) is 5.75 Å². The maximum Gasteiger partial charge on any atom is 0.235 e. The number of aromatic hydroxyl groups is 1. The van der Waals surface area contributed by atoms with Crippen LogP contribution in [0.4, 0.5) is 0 Å². The smallest absolute Gasteiger partial charge is 0.235 e. The average molecular weight is 342 g/mol. The molecule has 2 heterocycles. The van der Waals surface area contributed by atoms with E-state index < -0.39 is 0 Å². The van der Waals surface area contributed by atoms with E-state index in [1.165, 1.54) is 0 Å². The minimum Gasteiger partial charge on any atom is -0.508 e.